The number of para-hydroxylation sites is 1. The van der Waals surface area contributed by atoms with Crippen LogP contribution in [-0.4, -0.2) is 41.0 Å². The van der Waals surface area contributed by atoms with Gasteiger partial charge in [0.25, 0.3) is 0 Å². The number of hydrogen-bond donors (Lipinski definition) is 1. The van der Waals surface area contributed by atoms with Crippen LogP contribution in [-0.2, 0) is 11.3 Å². The first-order chi connectivity index (χ1) is 16.5. The lowest BCUT2D eigenvalue weighted by Gasteiger charge is -2.27. The van der Waals surface area contributed by atoms with E-state index in [0.717, 1.165) is 46.2 Å². The zero-order valence-electron chi connectivity index (χ0n) is 19.6. The minimum atomic E-state index is -0.785. The maximum Gasteiger partial charge on any atom is 0.303 e. The summed E-state index contributed by atoms with van der Waals surface area (Å²) in [5.41, 5.74) is 4.22. The number of carbonyl (C=O) groups is 1. The van der Waals surface area contributed by atoms with Crippen molar-refractivity contribution in [3.63, 3.8) is 0 Å². The van der Waals surface area contributed by atoms with Gasteiger partial charge in [-0.25, -0.2) is 0 Å². The quantitative estimate of drug-likeness (QED) is 0.389. The van der Waals surface area contributed by atoms with Gasteiger partial charge in [-0.05, 0) is 44.5 Å². The molecular weight excluding hydrogens is 428 g/mol. The number of ether oxygens (including phenoxy) is 1. The Morgan fingerprint density at radius 2 is 1.88 bits per heavy atom. The molecule has 0 saturated carbocycles. The van der Waals surface area contributed by atoms with E-state index in [9.17, 15) is 4.79 Å². The van der Waals surface area contributed by atoms with Crippen LogP contribution in [0.4, 0.5) is 0 Å². The number of allylic oxidation sites excluding steroid dienone is 1. The van der Waals surface area contributed by atoms with Crippen LogP contribution in [0.25, 0.3) is 11.3 Å². The highest BCUT2D eigenvalue weighted by Gasteiger charge is 2.26. The number of hydrogen-bond acceptors (Lipinski definition) is 5. The number of rotatable bonds is 10. The summed E-state index contributed by atoms with van der Waals surface area (Å²) in [7, 11) is 0. The summed E-state index contributed by atoms with van der Waals surface area (Å²) in [6, 6.07) is 20.5. The average molecular weight is 459 g/mol. The summed E-state index contributed by atoms with van der Waals surface area (Å²) in [5.74, 6) is 1.88. The smallest absolute Gasteiger partial charge is 0.303 e. The number of benzene rings is 2. The molecule has 6 heteroatoms. The van der Waals surface area contributed by atoms with Gasteiger partial charge in [0, 0.05) is 35.7 Å². The summed E-state index contributed by atoms with van der Waals surface area (Å²) >= 11 is 0. The molecule has 1 N–H and O–H groups in total. The van der Waals surface area contributed by atoms with Gasteiger partial charge in [0.2, 0.25) is 0 Å². The Labute approximate surface area is 200 Å². The fourth-order valence-electron chi connectivity index (χ4n) is 3.97. The Kier molecular flexibility index (Phi) is 7.48. The molecular formula is C28H30N2O4. The highest BCUT2D eigenvalue weighted by atomic mass is 16.5. The van der Waals surface area contributed by atoms with E-state index in [1.54, 1.807) is 6.26 Å². The fourth-order valence-corrected chi connectivity index (χ4v) is 3.97. The monoisotopic (exact) mass is 458 g/mol. The van der Waals surface area contributed by atoms with E-state index < -0.39 is 5.97 Å². The lowest BCUT2D eigenvalue weighted by atomic mass is 10.1. The molecule has 1 unspecified atom stereocenters. The van der Waals surface area contributed by atoms with Gasteiger partial charge in [-0.2, -0.15) is 0 Å². The molecule has 1 aliphatic heterocycles. The zero-order chi connectivity index (χ0) is 23.9. The van der Waals surface area contributed by atoms with Crippen LogP contribution in [0.3, 0.4) is 0 Å². The second kappa shape index (κ2) is 10.9. The molecule has 3 aromatic rings. The molecule has 2 aromatic carbocycles. The minimum absolute atomic E-state index is 0.135. The van der Waals surface area contributed by atoms with Gasteiger partial charge in [-0.3, -0.25) is 9.79 Å². The largest absolute Gasteiger partial charge is 0.489 e. The molecule has 0 bridgehead atoms. The fraction of sp³-hybridized carbons (Fsp3) is 0.286. The molecule has 0 aliphatic carbocycles. The van der Waals surface area contributed by atoms with Gasteiger partial charge >= 0.3 is 5.97 Å². The number of carboxylic acids is 1. The van der Waals surface area contributed by atoms with Crippen molar-refractivity contribution in [3.8, 4) is 17.1 Å². The third-order valence-electron chi connectivity index (χ3n) is 5.98. The second-order valence-electron chi connectivity index (χ2n) is 8.56. The Bertz CT molecular complexity index is 1160. The zero-order valence-corrected chi connectivity index (χ0v) is 19.6. The van der Waals surface area contributed by atoms with Crippen molar-refractivity contribution in [3.05, 3.63) is 89.7 Å². The Balaban J connectivity index is 1.45. The standard InChI is InChI=1S/C28H30N2O4/c1-20(9-14-27(31)32)15-17-34-26-7-4-3-6-24(26)19-30-21(2)18-29-28(30)23-12-10-22(11-13-23)25-8-5-16-33-25/h3-8,10-13,15-16,21H,9,14,17-19H2,1-2H3,(H,31,32)/b20-15+. The van der Waals surface area contributed by atoms with E-state index in [-0.39, 0.29) is 12.5 Å². The maximum atomic E-state index is 10.8. The van der Waals surface area contributed by atoms with Crippen LogP contribution in [0.1, 0.15) is 37.8 Å². The van der Waals surface area contributed by atoms with E-state index >= 15 is 0 Å². The van der Waals surface area contributed by atoms with Gasteiger partial charge in [0.1, 0.15) is 24.0 Å². The number of carboxylic acid groups (broad SMARTS) is 1. The predicted octanol–water partition coefficient (Wildman–Crippen LogP) is 5.79. The van der Waals surface area contributed by atoms with Crippen LogP contribution in [0.2, 0.25) is 0 Å². The highest BCUT2D eigenvalue weighted by molar-refractivity contribution is 6.00. The third kappa shape index (κ3) is 5.76. The van der Waals surface area contributed by atoms with Crippen LogP contribution in [0, 0.1) is 0 Å². The summed E-state index contributed by atoms with van der Waals surface area (Å²) in [6.45, 7) is 5.98. The molecule has 0 radical (unpaired) electrons. The Hall–Kier alpha value is -3.80. The Morgan fingerprint density at radius 3 is 2.62 bits per heavy atom. The Morgan fingerprint density at radius 1 is 1.12 bits per heavy atom. The van der Waals surface area contributed by atoms with Crippen LogP contribution in [0.5, 0.6) is 5.75 Å². The van der Waals surface area contributed by atoms with E-state index in [0.29, 0.717) is 19.6 Å². The van der Waals surface area contributed by atoms with Crippen molar-refractivity contribution >= 4 is 11.8 Å². The molecule has 176 valence electrons. The molecule has 2 heterocycles. The first-order valence-electron chi connectivity index (χ1n) is 11.5. The van der Waals surface area contributed by atoms with Crippen molar-refractivity contribution < 1.29 is 19.1 Å². The van der Waals surface area contributed by atoms with Gasteiger partial charge in [-0.1, -0.05) is 48.0 Å². The first kappa shape index (κ1) is 23.4. The lowest BCUT2D eigenvalue weighted by Crippen LogP contribution is -2.34. The summed E-state index contributed by atoms with van der Waals surface area (Å²) in [4.78, 5) is 17.9. The van der Waals surface area contributed by atoms with Gasteiger partial charge < -0.3 is 19.2 Å². The van der Waals surface area contributed by atoms with E-state index in [2.05, 4.69) is 42.2 Å². The van der Waals surface area contributed by atoms with Crippen LogP contribution < -0.4 is 4.74 Å². The summed E-state index contributed by atoms with van der Waals surface area (Å²) < 4.78 is 11.6. The van der Waals surface area contributed by atoms with Crippen molar-refractivity contribution in [2.75, 3.05) is 13.2 Å². The van der Waals surface area contributed by atoms with Gasteiger partial charge in [-0.15, -0.1) is 0 Å². The van der Waals surface area contributed by atoms with Crippen molar-refractivity contribution in [1.82, 2.24) is 4.90 Å². The molecule has 4 rings (SSSR count). The highest BCUT2D eigenvalue weighted by Crippen LogP contribution is 2.26. The van der Waals surface area contributed by atoms with Gasteiger partial charge in [0.05, 0.1) is 12.8 Å². The molecule has 0 fully saturated rings. The van der Waals surface area contributed by atoms with Crippen molar-refractivity contribution in [2.45, 2.75) is 39.3 Å². The maximum absolute atomic E-state index is 10.8. The molecule has 1 atom stereocenters. The van der Waals surface area contributed by atoms with Gasteiger partial charge in [0.15, 0.2) is 0 Å². The predicted molar refractivity (Wildman–Crippen MR) is 133 cm³/mol. The normalized spacial score (nSPS) is 15.9. The van der Waals surface area contributed by atoms with E-state index in [1.165, 1.54) is 0 Å². The minimum Gasteiger partial charge on any atom is -0.489 e. The van der Waals surface area contributed by atoms with Crippen LogP contribution in [0.15, 0.2) is 88.0 Å². The third-order valence-corrected chi connectivity index (χ3v) is 5.98. The molecule has 1 aromatic heterocycles. The molecule has 0 saturated heterocycles. The molecule has 6 nitrogen and oxygen atoms in total. The van der Waals surface area contributed by atoms with Crippen molar-refractivity contribution in [1.29, 1.82) is 0 Å². The van der Waals surface area contributed by atoms with Crippen LogP contribution >= 0.6 is 0 Å². The number of nitrogens with zero attached hydrogens (tertiary/aromatic N) is 2. The molecule has 34 heavy (non-hydrogen) atoms. The summed E-state index contributed by atoms with van der Waals surface area (Å²) in [5, 5.41) is 8.84. The second-order valence-corrected chi connectivity index (χ2v) is 8.56. The topological polar surface area (TPSA) is 75.3 Å². The van der Waals surface area contributed by atoms with E-state index in [1.807, 2.05) is 43.3 Å². The first-order valence-corrected chi connectivity index (χ1v) is 11.5. The number of aliphatic imine (C=N–C) groups is 1. The molecule has 0 amide bonds. The number of furan rings is 1. The number of amidine groups is 1. The van der Waals surface area contributed by atoms with E-state index in [4.69, 9.17) is 19.3 Å². The number of aliphatic carboxylic acids is 1. The van der Waals surface area contributed by atoms with Crippen molar-refractivity contribution in [2.24, 2.45) is 4.99 Å². The SMILES string of the molecule is C/C(=C\COc1ccccc1CN1C(c2ccc(-c3ccco3)cc2)=NCC1C)CCC(=O)O. The average Bonchev–Trinajstić information content (AvgIpc) is 3.50. The summed E-state index contributed by atoms with van der Waals surface area (Å²) in [6.07, 6.45) is 4.30. The lowest BCUT2D eigenvalue weighted by molar-refractivity contribution is -0.136. The molecule has 0 spiro atoms. The molecule has 1 aliphatic rings.